The lowest BCUT2D eigenvalue weighted by Crippen LogP contribution is -2.27. The number of nitrogens with zero attached hydrogens (tertiary/aromatic N) is 2. The predicted octanol–water partition coefficient (Wildman–Crippen LogP) is 4.86. The Balaban J connectivity index is 1.89. The molecule has 1 amide bonds. The van der Waals surface area contributed by atoms with Crippen LogP contribution in [-0.2, 0) is 11.3 Å². The normalized spacial score (nSPS) is 12.2. The van der Waals surface area contributed by atoms with Gasteiger partial charge in [0.15, 0.2) is 5.16 Å². The van der Waals surface area contributed by atoms with Crippen LogP contribution in [0.1, 0.15) is 13.3 Å². The lowest BCUT2D eigenvalue weighted by molar-refractivity contribution is -0.115. The molecule has 30 heavy (non-hydrogen) atoms. The first kappa shape index (κ1) is 22.9. The molecule has 1 aromatic heterocycles. The van der Waals surface area contributed by atoms with Gasteiger partial charge in [0, 0.05) is 18.2 Å². The van der Waals surface area contributed by atoms with Crippen LogP contribution in [0.2, 0.25) is 15.1 Å². The van der Waals surface area contributed by atoms with E-state index in [1.807, 2.05) is 0 Å². The Hall–Kier alpha value is -1.77. The van der Waals surface area contributed by atoms with E-state index in [1.54, 1.807) is 31.2 Å². The van der Waals surface area contributed by atoms with Crippen molar-refractivity contribution in [1.82, 2.24) is 9.55 Å². The first-order chi connectivity index (χ1) is 14.3. The zero-order valence-corrected chi connectivity index (χ0v) is 18.9. The summed E-state index contributed by atoms with van der Waals surface area (Å²) in [5.74, 6) is -0.359. The number of amides is 1. The maximum absolute atomic E-state index is 12.9. The summed E-state index contributed by atoms with van der Waals surface area (Å²) < 4.78 is 1.48. The van der Waals surface area contributed by atoms with Gasteiger partial charge in [-0.25, -0.2) is 4.98 Å². The van der Waals surface area contributed by atoms with Crippen molar-refractivity contribution in [2.45, 2.75) is 30.3 Å². The number of hydrogen-bond donors (Lipinski definition) is 2. The average Bonchev–Trinajstić information content (AvgIpc) is 2.70. The lowest BCUT2D eigenvalue weighted by Gasteiger charge is -2.17. The minimum atomic E-state index is -0.610. The van der Waals surface area contributed by atoms with Gasteiger partial charge in [-0.1, -0.05) is 58.7 Å². The lowest BCUT2D eigenvalue weighted by atomic mass is 10.2. The highest BCUT2D eigenvalue weighted by atomic mass is 35.5. The number of aromatic nitrogens is 2. The molecule has 0 saturated heterocycles. The van der Waals surface area contributed by atoms with E-state index in [2.05, 4.69) is 10.3 Å². The van der Waals surface area contributed by atoms with E-state index in [0.717, 1.165) is 11.8 Å². The largest absolute Gasteiger partial charge is 0.396 e. The van der Waals surface area contributed by atoms with Crippen LogP contribution in [0.4, 0.5) is 5.69 Å². The molecule has 6 nitrogen and oxygen atoms in total. The van der Waals surface area contributed by atoms with Gasteiger partial charge in [-0.05, 0) is 37.6 Å². The Bertz CT molecular complexity index is 1130. The molecule has 3 aromatic rings. The molecule has 0 aliphatic carbocycles. The average molecular weight is 487 g/mol. The minimum Gasteiger partial charge on any atom is -0.396 e. The molecule has 0 bridgehead atoms. The molecule has 0 spiro atoms. The Labute approximate surface area is 192 Å². The maximum Gasteiger partial charge on any atom is 0.262 e. The van der Waals surface area contributed by atoms with Crippen LogP contribution in [0.25, 0.3) is 10.9 Å². The minimum absolute atomic E-state index is 0.0625. The molecule has 1 atom stereocenters. The van der Waals surface area contributed by atoms with Gasteiger partial charge in [-0.3, -0.25) is 14.2 Å². The highest BCUT2D eigenvalue weighted by Crippen LogP contribution is 2.34. The van der Waals surface area contributed by atoms with Crippen LogP contribution in [0.5, 0.6) is 0 Å². The van der Waals surface area contributed by atoms with Crippen LogP contribution in [0.3, 0.4) is 0 Å². The molecule has 2 aromatic carbocycles. The number of fused-ring (bicyclic) bond motifs is 1. The van der Waals surface area contributed by atoms with Crippen molar-refractivity contribution in [3.63, 3.8) is 0 Å². The number of carbonyl (C=O) groups is 1. The fraction of sp³-hybridized carbons (Fsp3) is 0.250. The number of aliphatic hydroxyl groups is 1. The van der Waals surface area contributed by atoms with Gasteiger partial charge in [-0.15, -0.1) is 0 Å². The number of carbonyl (C=O) groups excluding carboxylic acids is 1. The molecule has 0 fully saturated rings. The number of rotatable bonds is 7. The molecule has 0 saturated carbocycles. The number of aliphatic hydroxyl groups excluding tert-OH is 1. The highest BCUT2D eigenvalue weighted by Gasteiger charge is 2.21. The van der Waals surface area contributed by atoms with Crippen molar-refractivity contribution < 1.29 is 9.90 Å². The van der Waals surface area contributed by atoms with Crippen molar-refractivity contribution in [2.75, 3.05) is 11.9 Å². The van der Waals surface area contributed by atoms with Gasteiger partial charge in [0.05, 0.1) is 31.9 Å². The van der Waals surface area contributed by atoms with Crippen molar-refractivity contribution in [1.29, 1.82) is 0 Å². The third-order valence-corrected chi connectivity index (χ3v) is 6.18. The summed E-state index contributed by atoms with van der Waals surface area (Å²) in [6.45, 7) is 1.92. The fourth-order valence-electron chi connectivity index (χ4n) is 2.76. The summed E-state index contributed by atoms with van der Waals surface area (Å²) in [7, 11) is 0. The second kappa shape index (κ2) is 10.0. The number of thioether (sulfide) groups is 1. The molecule has 3 rings (SSSR count). The number of nitrogens with one attached hydrogen (secondary N) is 1. The molecule has 0 radical (unpaired) electrons. The van der Waals surface area contributed by atoms with E-state index >= 15 is 0 Å². The van der Waals surface area contributed by atoms with Crippen LogP contribution in [0.15, 0.2) is 46.3 Å². The number of benzene rings is 2. The quantitative estimate of drug-likeness (QED) is 0.368. The fourth-order valence-corrected chi connectivity index (χ4v) is 4.61. The zero-order chi connectivity index (χ0) is 21.8. The van der Waals surface area contributed by atoms with E-state index < -0.39 is 5.25 Å². The summed E-state index contributed by atoms with van der Waals surface area (Å²) in [6.07, 6.45) is 0.393. The van der Waals surface area contributed by atoms with Gasteiger partial charge in [0.2, 0.25) is 5.91 Å². The van der Waals surface area contributed by atoms with E-state index in [4.69, 9.17) is 34.8 Å². The number of para-hydroxylation sites is 1. The zero-order valence-electron chi connectivity index (χ0n) is 15.9. The van der Waals surface area contributed by atoms with Crippen LogP contribution in [0, 0.1) is 0 Å². The van der Waals surface area contributed by atoms with Crippen molar-refractivity contribution >= 4 is 69.1 Å². The summed E-state index contributed by atoms with van der Waals surface area (Å²) >= 11 is 19.3. The smallest absolute Gasteiger partial charge is 0.262 e. The van der Waals surface area contributed by atoms with E-state index in [0.29, 0.717) is 34.0 Å². The Morgan fingerprint density at radius 2 is 1.90 bits per heavy atom. The molecule has 0 aliphatic rings. The number of halogens is 3. The number of anilines is 1. The summed E-state index contributed by atoms with van der Waals surface area (Å²) in [6, 6.07) is 9.98. The molecule has 0 aliphatic heterocycles. The summed E-state index contributed by atoms with van der Waals surface area (Å²) in [5, 5.41) is 13.0. The van der Waals surface area contributed by atoms with Crippen LogP contribution >= 0.6 is 46.6 Å². The molecule has 1 heterocycles. The van der Waals surface area contributed by atoms with Crippen LogP contribution in [-0.4, -0.2) is 32.4 Å². The van der Waals surface area contributed by atoms with Crippen molar-refractivity contribution in [2.24, 2.45) is 0 Å². The predicted molar refractivity (Wildman–Crippen MR) is 123 cm³/mol. The van der Waals surface area contributed by atoms with Gasteiger partial charge >= 0.3 is 0 Å². The number of hydrogen-bond acceptors (Lipinski definition) is 5. The van der Waals surface area contributed by atoms with Crippen molar-refractivity contribution in [3.05, 3.63) is 61.8 Å². The molecule has 2 N–H and O–H groups in total. The van der Waals surface area contributed by atoms with Crippen LogP contribution < -0.4 is 10.9 Å². The first-order valence-corrected chi connectivity index (χ1v) is 11.1. The van der Waals surface area contributed by atoms with Gasteiger partial charge < -0.3 is 10.4 Å². The third-order valence-electron chi connectivity index (χ3n) is 4.27. The highest BCUT2D eigenvalue weighted by molar-refractivity contribution is 8.00. The molecule has 10 heteroatoms. The van der Waals surface area contributed by atoms with Crippen molar-refractivity contribution in [3.8, 4) is 0 Å². The molecular weight excluding hydrogens is 469 g/mol. The van der Waals surface area contributed by atoms with E-state index in [1.165, 1.54) is 16.7 Å². The third kappa shape index (κ3) is 5.10. The summed E-state index contributed by atoms with van der Waals surface area (Å²) in [4.78, 5) is 30.2. The van der Waals surface area contributed by atoms with Gasteiger partial charge in [0.1, 0.15) is 0 Å². The second-order valence-corrected chi connectivity index (χ2v) is 9.00. The van der Waals surface area contributed by atoms with Gasteiger partial charge in [-0.2, -0.15) is 0 Å². The first-order valence-electron chi connectivity index (χ1n) is 9.04. The second-order valence-electron chi connectivity index (χ2n) is 6.44. The Morgan fingerprint density at radius 3 is 2.57 bits per heavy atom. The SMILES string of the molecule is CC(Sc1nc2ccccc2c(=O)n1CCCO)C(=O)Nc1c(Cl)cc(Cl)cc1Cl. The van der Waals surface area contributed by atoms with E-state index in [-0.39, 0.29) is 33.8 Å². The topological polar surface area (TPSA) is 84.2 Å². The monoisotopic (exact) mass is 485 g/mol. The molecule has 1 unspecified atom stereocenters. The maximum atomic E-state index is 12.9. The summed E-state index contributed by atoms with van der Waals surface area (Å²) in [5.41, 5.74) is 0.596. The Kier molecular flexibility index (Phi) is 7.65. The molecular formula is C20H18Cl3N3O3S. The van der Waals surface area contributed by atoms with E-state index in [9.17, 15) is 14.7 Å². The Morgan fingerprint density at radius 1 is 1.23 bits per heavy atom. The van der Waals surface area contributed by atoms with Gasteiger partial charge in [0.25, 0.3) is 5.56 Å². The molecule has 158 valence electrons. The standard InChI is InChI=1S/C20H18Cl3N3O3S/c1-11(18(28)25-17-14(22)9-12(21)10-15(17)23)30-20-24-16-6-3-2-5-13(16)19(29)26(20)7-4-8-27/h2-3,5-6,9-11,27H,4,7-8H2,1H3,(H,25,28).